The number of aromatic nitrogens is 2. The van der Waals surface area contributed by atoms with Crippen molar-refractivity contribution < 1.29 is 9.53 Å². The Kier molecular flexibility index (Phi) is 2.99. The van der Waals surface area contributed by atoms with Crippen LogP contribution in [0.5, 0.6) is 0 Å². The van der Waals surface area contributed by atoms with Crippen LogP contribution in [0.3, 0.4) is 0 Å². The highest BCUT2D eigenvalue weighted by Gasteiger charge is 2.03. The van der Waals surface area contributed by atoms with Gasteiger partial charge in [-0.1, -0.05) is 11.6 Å². The highest BCUT2D eigenvalue weighted by atomic mass is 35.5. The van der Waals surface area contributed by atoms with Crippen LogP contribution in [0, 0.1) is 0 Å². The van der Waals surface area contributed by atoms with Crippen LogP contribution in [-0.2, 0) is 16.0 Å². The average molecular weight is 187 g/mol. The molecule has 1 rings (SSSR count). The van der Waals surface area contributed by atoms with Gasteiger partial charge >= 0.3 is 5.97 Å². The van der Waals surface area contributed by atoms with E-state index in [2.05, 4.69) is 14.9 Å². The Morgan fingerprint density at radius 1 is 1.58 bits per heavy atom. The number of nitrogens with zero attached hydrogens (tertiary/aromatic N) is 2. The van der Waals surface area contributed by atoms with E-state index in [0.29, 0.717) is 10.8 Å². The molecule has 0 aromatic carbocycles. The second-order valence-corrected chi connectivity index (χ2v) is 2.49. The smallest absolute Gasteiger partial charge is 0.311 e. The molecule has 0 saturated heterocycles. The van der Waals surface area contributed by atoms with E-state index in [1.807, 2.05) is 0 Å². The Hall–Kier alpha value is -1.16. The Labute approximate surface area is 74.5 Å². The molecule has 1 heterocycles. The molecular formula is C7H7ClN2O2. The number of hydrogen-bond donors (Lipinski definition) is 0. The van der Waals surface area contributed by atoms with Gasteiger partial charge in [0.25, 0.3) is 0 Å². The summed E-state index contributed by atoms with van der Waals surface area (Å²) in [7, 11) is 1.33. The van der Waals surface area contributed by atoms with E-state index >= 15 is 0 Å². The first-order chi connectivity index (χ1) is 5.72. The zero-order chi connectivity index (χ0) is 8.97. The highest BCUT2D eigenvalue weighted by molar-refractivity contribution is 6.29. The number of halogens is 1. The van der Waals surface area contributed by atoms with Gasteiger partial charge < -0.3 is 4.74 Å². The Morgan fingerprint density at radius 3 is 2.83 bits per heavy atom. The summed E-state index contributed by atoms with van der Waals surface area (Å²) in [5.41, 5.74) is 0.547. The van der Waals surface area contributed by atoms with Crippen molar-refractivity contribution in [2.75, 3.05) is 7.11 Å². The van der Waals surface area contributed by atoms with Gasteiger partial charge in [0.05, 0.1) is 19.2 Å². The summed E-state index contributed by atoms with van der Waals surface area (Å²) in [4.78, 5) is 10.7. The average Bonchev–Trinajstić information content (AvgIpc) is 2.09. The monoisotopic (exact) mass is 186 g/mol. The molecule has 0 radical (unpaired) electrons. The molecule has 1 aromatic rings. The van der Waals surface area contributed by atoms with Crippen molar-refractivity contribution in [2.24, 2.45) is 0 Å². The zero-order valence-electron chi connectivity index (χ0n) is 6.45. The van der Waals surface area contributed by atoms with Crippen LogP contribution in [0.1, 0.15) is 5.69 Å². The number of carbonyl (C=O) groups excluding carboxylic acids is 1. The van der Waals surface area contributed by atoms with Crippen molar-refractivity contribution in [3.05, 3.63) is 23.0 Å². The fourth-order valence-electron chi connectivity index (χ4n) is 0.658. The lowest BCUT2D eigenvalue weighted by atomic mass is 10.3. The second kappa shape index (κ2) is 4.01. The third-order valence-electron chi connectivity index (χ3n) is 1.24. The van der Waals surface area contributed by atoms with Crippen LogP contribution in [0.2, 0.25) is 5.15 Å². The highest BCUT2D eigenvalue weighted by Crippen LogP contribution is 2.02. The van der Waals surface area contributed by atoms with Crippen LogP contribution < -0.4 is 0 Å². The van der Waals surface area contributed by atoms with Gasteiger partial charge in [0.15, 0.2) is 5.15 Å². The van der Waals surface area contributed by atoms with Gasteiger partial charge in [-0.05, 0) is 12.1 Å². The largest absolute Gasteiger partial charge is 0.469 e. The van der Waals surface area contributed by atoms with Gasteiger partial charge in [-0.3, -0.25) is 4.79 Å². The molecule has 0 aliphatic rings. The predicted octanol–water partition coefficient (Wildman–Crippen LogP) is 0.845. The van der Waals surface area contributed by atoms with Gasteiger partial charge in [-0.25, -0.2) is 0 Å². The molecule has 12 heavy (non-hydrogen) atoms. The summed E-state index contributed by atoms with van der Waals surface area (Å²) in [6.07, 6.45) is 0.126. The Morgan fingerprint density at radius 2 is 2.33 bits per heavy atom. The molecule has 64 valence electrons. The van der Waals surface area contributed by atoms with Crippen molar-refractivity contribution in [2.45, 2.75) is 6.42 Å². The summed E-state index contributed by atoms with van der Waals surface area (Å²) in [6, 6.07) is 3.21. The van der Waals surface area contributed by atoms with Crippen LogP contribution in [0.4, 0.5) is 0 Å². The molecule has 0 atom stereocenters. The van der Waals surface area contributed by atoms with E-state index in [4.69, 9.17) is 11.6 Å². The Bertz CT molecular complexity index is 273. The van der Waals surface area contributed by atoms with Crippen molar-refractivity contribution in [3.8, 4) is 0 Å². The summed E-state index contributed by atoms with van der Waals surface area (Å²) >= 11 is 5.49. The standard InChI is InChI=1S/C7H7ClN2O2/c1-12-7(11)4-5-2-3-6(8)10-9-5/h2-3H,4H2,1H3. The van der Waals surface area contributed by atoms with Crippen LogP contribution in [0.15, 0.2) is 12.1 Å². The van der Waals surface area contributed by atoms with Crippen molar-refractivity contribution >= 4 is 17.6 Å². The lowest BCUT2D eigenvalue weighted by Crippen LogP contribution is -2.06. The number of ether oxygens (including phenoxy) is 1. The van der Waals surface area contributed by atoms with E-state index in [-0.39, 0.29) is 12.4 Å². The maximum absolute atomic E-state index is 10.7. The predicted molar refractivity (Wildman–Crippen MR) is 42.8 cm³/mol. The summed E-state index contributed by atoms with van der Waals surface area (Å²) in [5.74, 6) is -0.341. The third-order valence-corrected chi connectivity index (χ3v) is 1.44. The lowest BCUT2D eigenvalue weighted by Gasteiger charge is -1.96. The molecule has 4 nitrogen and oxygen atoms in total. The number of methoxy groups -OCH3 is 1. The fraction of sp³-hybridized carbons (Fsp3) is 0.286. The van der Waals surface area contributed by atoms with Crippen molar-refractivity contribution in [1.82, 2.24) is 10.2 Å². The minimum Gasteiger partial charge on any atom is -0.469 e. The number of rotatable bonds is 2. The molecule has 0 fully saturated rings. The molecule has 0 unspecified atom stereocenters. The van der Waals surface area contributed by atoms with Gasteiger partial charge in [0.1, 0.15) is 0 Å². The molecule has 0 aliphatic heterocycles. The number of esters is 1. The van der Waals surface area contributed by atoms with E-state index in [1.54, 1.807) is 12.1 Å². The molecule has 0 N–H and O–H groups in total. The van der Waals surface area contributed by atoms with Gasteiger partial charge in [-0.15, -0.1) is 5.10 Å². The molecule has 0 aliphatic carbocycles. The normalized spacial score (nSPS) is 9.50. The maximum atomic E-state index is 10.7. The van der Waals surface area contributed by atoms with E-state index in [9.17, 15) is 4.79 Å². The first-order valence-corrected chi connectivity index (χ1v) is 3.65. The first kappa shape index (κ1) is 8.93. The first-order valence-electron chi connectivity index (χ1n) is 3.27. The van der Waals surface area contributed by atoms with E-state index < -0.39 is 0 Å². The maximum Gasteiger partial charge on any atom is 0.311 e. The van der Waals surface area contributed by atoms with Gasteiger partial charge in [-0.2, -0.15) is 5.10 Å². The summed E-state index contributed by atoms with van der Waals surface area (Å²) in [5, 5.41) is 7.57. The SMILES string of the molecule is COC(=O)Cc1ccc(Cl)nn1. The minimum atomic E-state index is -0.341. The molecule has 0 amide bonds. The molecule has 0 bridgehead atoms. The summed E-state index contributed by atoms with van der Waals surface area (Å²) in [6.45, 7) is 0. The second-order valence-electron chi connectivity index (χ2n) is 2.10. The lowest BCUT2D eigenvalue weighted by molar-refractivity contribution is -0.139. The van der Waals surface area contributed by atoms with Crippen LogP contribution >= 0.6 is 11.6 Å². The van der Waals surface area contributed by atoms with Crippen molar-refractivity contribution in [3.63, 3.8) is 0 Å². The van der Waals surface area contributed by atoms with Crippen LogP contribution in [-0.4, -0.2) is 23.3 Å². The molecule has 5 heteroatoms. The van der Waals surface area contributed by atoms with Crippen LogP contribution in [0.25, 0.3) is 0 Å². The number of carbonyl (C=O) groups is 1. The molecule has 0 saturated carbocycles. The quantitative estimate of drug-likeness (QED) is 0.643. The van der Waals surface area contributed by atoms with E-state index in [0.717, 1.165) is 0 Å². The molecule has 1 aromatic heterocycles. The summed E-state index contributed by atoms with van der Waals surface area (Å²) < 4.78 is 4.44. The van der Waals surface area contributed by atoms with Crippen molar-refractivity contribution in [1.29, 1.82) is 0 Å². The minimum absolute atomic E-state index is 0.126. The van der Waals surface area contributed by atoms with E-state index in [1.165, 1.54) is 7.11 Å². The topological polar surface area (TPSA) is 52.1 Å². The van der Waals surface area contributed by atoms with Gasteiger partial charge in [0.2, 0.25) is 0 Å². The molecular weight excluding hydrogens is 180 g/mol. The zero-order valence-corrected chi connectivity index (χ0v) is 7.21. The number of hydrogen-bond acceptors (Lipinski definition) is 4. The molecule has 0 spiro atoms. The fourth-order valence-corrected chi connectivity index (χ4v) is 0.759. The van der Waals surface area contributed by atoms with Gasteiger partial charge in [0, 0.05) is 0 Å². The Balaban J connectivity index is 2.64. The third kappa shape index (κ3) is 2.47.